The third-order valence-corrected chi connectivity index (χ3v) is 3.70. The van der Waals surface area contributed by atoms with Crippen LogP contribution in [0.25, 0.3) is 0 Å². The highest BCUT2D eigenvalue weighted by Gasteiger charge is 2.11. The summed E-state index contributed by atoms with van der Waals surface area (Å²) in [6, 6.07) is 0. The van der Waals surface area contributed by atoms with Crippen molar-refractivity contribution in [3.8, 4) is 0 Å². The Balaban J connectivity index is 3.85. The standard InChI is InChI=1S/C14H28INO/c1-3-5-12-16(13-6-4-2)14(17)10-8-7-9-11-15/h3-13H2,1-2H3. The SMILES string of the molecule is CCCCN(CCCC)C(=O)CCCCCI. The molecular weight excluding hydrogens is 325 g/mol. The Morgan fingerprint density at radius 1 is 0.941 bits per heavy atom. The summed E-state index contributed by atoms with van der Waals surface area (Å²) in [5.74, 6) is 0.375. The molecule has 0 aliphatic rings. The van der Waals surface area contributed by atoms with E-state index in [9.17, 15) is 4.79 Å². The van der Waals surface area contributed by atoms with Gasteiger partial charge in [-0.25, -0.2) is 0 Å². The van der Waals surface area contributed by atoms with Crippen molar-refractivity contribution in [1.29, 1.82) is 0 Å². The van der Waals surface area contributed by atoms with Crippen LogP contribution in [0, 0.1) is 0 Å². The maximum absolute atomic E-state index is 12.0. The molecule has 0 aromatic rings. The maximum Gasteiger partial charge on any atom is 0.222 e. The summed E-state index contributed by atoms with van der Waals surface area (Å²) in [4.78, 5) is 14.1. The Labute approximate surface area is 121 Å². The van der Waals surface area contributed by atoms with Gasteiger partial charge in [-0.2, -0.15) is 0 Å². The second-order valence-electron chi connectivity index (χ2n) is 4.59. The number of hydrogen-bond acceptors (Lipinski definition) is 1. The average molecular weight is 353 g/mol. The predicted molar refractivity (Wildman–Crippen MR) is 83.8 cm³/mol. The van der Waals surface area contributed by atoms with Crippen molar-refractivity contribution in [2.45, 2.75) is 65.2 Å². The van der Waals surface area contributed by atoms with Crippen LogP contribution >= 0.6 is 22.6 Å². The van der Waals surface area contributed by atoms with Crippen LogP contribution in [-0.4, -0.2) is 28.3 Å². The molecule has 0 heterocycles. The fraction of sp³-hybridized carbons (Fsp3) is 0.929. The monoisotopic (exact) mass is 353 g/mol. The van der Waals surface area contributed by atoms with Crippen molar-refractivity contribution in [3.63, 3.8) is 0 Å². The fourth-order valence-electron chi connectivity index (χ4n) is 1.76. The van der Waals surface area contributed by atoms with Crippen molar-refractivity contribution in [2.24, 2.45) is 0 Å². The molecule has 17 heavy (non-hydrogen) atoms. The second-order valence-corrected chi connectivity index (χ2v) is 5.67. The number of carbonyl (C=O) groups is 1. The van der Waals surface area contributed by atoms with Crippen molar-refractivity contribution >= 4 is 28.5 Å². The molecule has 0 radical (unpaired) electrons. The molecule has 0 aromatic heterocycles. The van der Waals surface area contributed by atoms with Gasteiger partial charge in [0.15, 0.2) is 0 Å². The number of alkyl halides is 1. The van der Waals surface area contributed by atoms with Crippen LogP contribution in [0.15, 0.2) is 0 Å². The van der Waals surface area contributed by atoms with Crippen LogP contribution in [0.5, 0.6) is 0 Å². The summed E-state index contributed by atoms with van der Waals surface area (Å²) in [5, 5.41) is 0. The van der Waals surface area contributed by atoms with Crippen LogP contribution in [0.3, 0.4) is 0 Å². The van der Waals surface area contributed by atoms with E-state index in [4.69, 9.17) is 0 Å². The Kier molecular flexibility index (Phi) is 12.8. The minimum Gasteiger partial charge on any atom is -0.343 e. The molecule has 0 aliphatic carbocycles. The fourth-order valence-corrected chi connectivity index (χ4v) is 2.30. The lowest BCUT2D eigenvalue weighted by Crippen LogP contribution is -2.32. The quantitative estimate of drug-likeness (QED) is 0.306. The highest BCUT2D eigenvalue weighted by atomic mass is 127. The Morgan fingerprint density at radius 3 is 2.00 bits per heavy atom. The zero-order valence-electron chi connectivity index (χ0n) is 11.5. The van der Waals surface area contributed by atoms with Crippen LogP contribution in [-0.2, 0) is 4.79 Å². The Morgan fingerprint density at radius 2 is 1.53 bits per heavy atom. The molecule has 0 spiro atoms. The number of carbonyl (C=O) groups excluding carboxylic acids is 1. The number of rotatable bonds is 11. The van der Waals surface area contributed by atoms with E-state index in [2.05, 4.69) is 41.3 Å². The molecule has 0 bridgehead atoms. The largest absolute Gasteiger partial charge is 0.343 e. The van der Waals surface area contributed by atoms with Gasteiger partial charge < -0.3 is 4.90 Å². The van der Waals surface area contributed by atoms with E-state index >= 15 is 0 Å². The van der Waals surface area contributed by atoms with Crippen molar-refractivity contribution in [3.05, 3.63) is 0 Å². The van der Waals surface area contributed by atoms with Crippen LogP contribution < -0.4 is 0 Å². The number of nitrogens with zero attached hydrogens (tertiary/aromatic N) is 1. The van der Waals surface area contributed by atoms with Crippen LogP contribution in [0.4, 0.5) is 0 Å². The van der Waals surface area contributed by atoms with Gasteiger partial charge in [-0.1, -0.05) is 55.7 Å². The summed E-state index contributed by atoms with van der Waals surface area (Å²) in [6.45, 7) is 6.29. The zero-order chi connectivity index (χ0) is 12.9. The molecular formula is C14H28INO. The molecule has 2 nitrogen and oxygen atoms in total. The van der Waals surface area contributed by atoms with Gasteiger partial charge in [0.25, 0.3) is 0 Å². The Bertz CT molecular complexity index is 177. The molecule has 0 fully saturated rings. The molecule has 0 rings (SSSR count). The van der Waals surface area contributed by atoms with Crippen LogP contribution in [0.2, 0.25) is 0 Å². The third kappa shape index (κ3) is 9.86. The minimum atomic E-state index is 0.375. The van der Waals surface area contributed by atoms with E-state index < -0.39 is 0 Å². The molecule has 0 atom stereocenters. The zero-order valence-corrected chi connectivity index (χ0v) is 13.7. The van der Waals surface area contributed by atoms with E-state index in [1.165, 1.54) is 30.1 Å². The summed E-state index contributed by atoms with van der Waals surface area (Å²) in [5.41, 5.74) is 0. The van der Waals surface area contributed by atoms with E-state index in [-0.39, 0.29) is 0 Å². The van der Waals surface area contributed by atoms with E-state index in [1.54, 1.807) is 0 Å². The number of amides is 1. The molecule has 0 saturated heterocycles. The summed E-state index contributed by atoms with van der Waals surface area (Å²) < 4.78 is 1.21. The van der Waals surface area contributed by atoms with E-state index in [1.807, 2.05) is 0 Å². The van der Waals surface area contributed by atoms with Gasteiger partial charge in [0.1, 0.15) is 0 Å². The first kappa shape index (κ1) is 17.2. The second kappa shape index (κ2) is 12.7. The summed E-state index contributed by atoms with van der Waals surface area (Å²) in [7, 11) is 0. The van der Waals surface area contributed by atoms with Crippen molar-refractivity contribution < 1.29 is 4.79 Å². The van der Waals surface area contributed by atoms with Crippen LogP contribution in [0.1, 0.15) is 65.2 Å². The first-order valence-corrected chi connectivity index (χ1v) is 8.62. The average Bonchev–Trinajstić information content (AvgIpc) is 2.34. The molecule has 0 unspecified atom stereocenters. The highest BCUT2D eigenvalue weighted by molar-refractivity contribution is 14.1. The molecule has 3 heteroatoms. The molecule has 0 saturated carbocycles. The van der Waals surface area contributed by atoms with Gasteiger partial charge in [-0.3, -0.25) is 4.79 Å². The molecule has 0 aliphatic heterocycles. The molecule has 102 valence electrons. The van der Waals surface area contributed by atoms with Gasteiger partial charge in [0.2, 0.25) is 5.91 Å². The number of hydrogen-bond donors (Lipinski definition) is 0. The molecule has 0 N–H and O–H groups in total. The predicted octanol–water partition coefficient (Wildman–Crippen LogP) is 4.41. The highest BCUT2D eigenvalue weighted by Crippen LogP contribution is 2.07. The smallest absolute Gasteiger partial charge is 0.222 e. The van der Waals surface area contributed by atoms with Gasteiger partial charge in [-0.05, 0) is 30.1 Å². The lowest BCUT2D eigenvalue weighted by Gasteiger charge is -2.22. The lowest BCUT2D eigenvalue weighted by molar-refractivity contribution is -0.131. The maximum atomic E-state index is 12.0. The minimum absolute atomic E-state index is 0.375. The third-order valence-electron chi connectivity index (χ3n) is 2.94. The Hall–Kier alpha value is 0.200. The van der Waals surface area contributed by atoms with Gasteiger partial charge in [0, 0.05) is 19.5 Å². The molecule has 0 aromatic carbocycles. The van der Waals surface area contributed by atoms with Crippen molar-refractivity contribution in [1.82, 2.24) is 4.90 Å². The van der Waals surface area contributed by atoms with E-state index in [0.29, 0.717) is 5.91 Å². The number of halogens is 1. The topological polar surface area (TPSA) is 20.3 Å². The number of unbranched alkanes of at least 4 members (excludes halogenated alkanes) is 4. The van der Waals surface area contributed by atoms with Crippen molar-refractivity contribution in [2.75, 3.05) is 17.5 Å². The summed E-state index contributed by atoms with van der Waals surface area (Å²) >= 11 is 2.40. The summed E-state index contributed by atoms with van der Waals surface area (Å²) in [6.07, 6.45) is 8.89. The lowest BCUT2D eigenvalue weighted by atomic mass is 10.1. The van der Waals surface area contributed by atoms with E-state index in [0.717, 1.165) is 38.8 Å². The van der Waals surface area contributed by atoms with Gasteiger partial charge >= 0.3 is 0 Å². The first-order chi connectivity index (χ1) is 8.26. The molecule has 1 amide bonds. The van der Waals surface area contributed by atoms with Gasteiger partial charge in [-0.15, -0.1) is 0 Å². The normalized spacial score (nSPS) is 10.5. The van der Waals surface area contributed by atoms with Gasteiger partial charge in [0.05, 0.1) is 0 Å². The first-order valence-electron chi connectivity index (χ1n) is 7.10.